The van der Waals surface area contributed by atoms with E-state index in [2.05, 4.69) is 42.4 Å². The van der Waals surface area contributed by atoms with Crippen molar-refractivity contribution in [3.05, 3.63) is 59.9 Å². The molecule has 178 valence electrons. The largest absolute Gasteiger partial charge is 0.356 e. The molecule has 0 aliphatic carbocycles. The number of aromatic nitrogens is 1. The van der Waals surface area contributed by atoms with Gasteiger partial charge in [0.05, 0.1) is 5.52 Å². The molecule has 1 aliphatic heterocycles. The van der Waals surface area contributed by atoms with E-state index in [9.17, 15) is 14.0 Å². The topological polar surface area (TPSA) is 74.3 Å². The molecule has 6 nitrogen and oxygen atoms in total. The fraction of sp³-hybridized carbons (Fsp3) is 0.370. The monoisotopic (exact) mass is 462 g/mol. The number of piperidine rings is 1. The van der Waals surface area contributed by atoms with Crippen LogP contribution in [0, 0.1) is 24.6 Å². The molecule has 0 radical (unpaired) electrons. The van der Waals surface area contributed by atoms with Crippen LogP contribution in [0.2, 0.25) is 0 Å². The predicted molar refractivity (Wildman–Crippen MR) is 135 cm³/mol. The highest BCUT2D eigenvalue weighted by Crippen LogP contribution is 2.29. The number of anilines is 3. The second kappa shape index (κ2) is 10.2. The minimum Gasteiger partial charge on any atom is -0.356 e. The summed E-state index contributed by atoms with van der Waals surface area (Å²) in [5, 5.41) is 6.52. The van der Waals surface area contributed by atoms with Gasteiger partial charge >= 0.3 is 0 Å². The van der Waals surface area contributed by atoms with E-state index in [1.807, 2.05) is 18.2 Å². The van der Waals surface area contributed by atoms with Crippen LogP contribution in [0.15, 0.2) is 48.5 Å². The molecule has 0 unspecified atom stereocenters. The van der Waals surface area contributed by atoms with E-state index in [0.29, 0.717) is 23.2 Å². The highest BCUT2D eigenvalue weighted by molar-refractivity contribution is 5.98. The number of pyridine rings is 1. The van der Waals surface area contributed by atoms with Crippen molar-refractivity contribution in [1.82, 2.24) is 4.98 Å². The van der Waals surface area contributed by atoms with E-state index >= 15 is 0 Å². The van der Waals surface area contributed by atoms with Crippen molar-refractivity contribution in [2.45, 2.75) is 40.0 Å². The number of nitrogens with zero attached hydrogens (tertiary/aromatic N) is 2. The average Bonchev–Trinajstić information content (AvgIpc) is 2.79. The molecule has 0 saturated carbocycles. The molecule has 1 aliphatic rings. The maximum absolute atomic E-state index is 13.0. The molecule has 2 aromatic carbocycles. The van der Waals surface area contributed by atoms with Gasteiger partial charge in [-0.05, 0) is 79.3 Å². The second-order valence-corrected chi connectivity index (χ2v) is 9.48. The fourth-order valence-corrected chi connectivity index (χ4v) is 4.67. The van der Waals surface area contributed by atoms with Gasteiger partial charge in [-0.3, -0.25) is 9.59 Å². The van der Waals surface area contributed by atoms with Crippen molar-refractivity contribution < 1.29 is 14.0 Å². The maximum atomic E-state index is 13.0. The molecule has 0 spiro atoms. The number of carbonyl (C=O) groups excluding carboxylic acids is 2. The Hall–Kier alpha value is -3.48. The van der Waals surface area contributed by atoms with Gasteiger partial charge in [0.2, 0.25) is 11.8 Å². The van der Waals surface area contributed by atoms with Crippen LogP contribution in [0.5, 0.6) is 0 Å². The van der Waals surface area contributed by atoms with Crippen molar-refractivity contribution in [3.8, 4) is 0 Å². The molecule has 4 rings (SSSR count). The molecule has 2 N–H and O–H groups in total. The molecule has 2 amide bonds. The molecule has 7 heteroatoms. The minimum atomic E-state index is -0.370. The van der Waals surface area contributed by atoms with E-state index in [0.717, 1.165) is 35.4 Å². The Morgan fingerprint density at radius 3 is 2.18 bits per heavy atom. The van der Waals surface area contributed by atoms with Crippen LogP contribution in [0.3, 0.4) is 0 Å². The van der Waals surface area contributed by atoms with E-state index in [1.54, 1.807) is 0 Å². The van der Waals surface area contributed by atoms with Crippen molar-refractivity contribution in [1.29, 1.82) is 0 Å². The summed E-state index contributed by atoms with van der Waals surface area (Å²) in [6.07, 6.45) is 1.33. The number of aryl methyl sites for hydroxylation is 1. The van der Waals surface area contributed by atoms with Crippen LogP contribution in [0.25, 0.3) is 10.9 Å². The number of amides is 2. The van der Waals surface area contributed by atoms with Gasteiger partial charge in [0.25, 0.3) is 0 Å². The van der Waals surface area contributed by atoms with E-state index in [-0.39, 0.29) is 30.5 Å². The van der Waals surface area contributed by atoms with Crippen molar-refractivity contribution in [3.63, 3.8) is 0 Å². The highest BCUT2D eigenvalue weighted by atomic mass is 19.1. The lowest BCUT2D eigenvalue weighted by Gasteiger charge is -2.36. The summed E-state index contributed by atoms with van der Waals surface area (Å²) < 4.78 is 13.0. The lowest BCUT2D eigenvalue weighted by atomic mass is 9.92. The first-order valence-corrected chi connectivity index (χ1v) is 11.8. The van der Waals surface area contributed by atoms with Gasteiger partial charge in [-0.1, -0.05) is 13.8 Å². The van der Waals surface area contributed by atoms with Crippen LogP contribution < -0.4 is 15.5 Å². The molecule has 2 atom stereocenters. The Bertz CT molecular complexity index is 1190. The number of hydrogen-bond acceptors (Lipinski definition) is 4. The predicted octanol–water partition coefficient (Wildman–Crippen LogP) is 5.52. The van der Waals surface area contributed by atoms with Crippen molar-refractivity contribution in [2.75, 3.05) is 28.6 Å². The SMILES string of the molecule is Cc1cc(N2C[C@H](C)C[C@H](C)C2)nc2ccc(NC(=O)CCC(=O)Nc3ccc(F)cc3)cc12. The molecule has 0 bridgehead atoms. The van der Waals surface area contributed by atoms with Crippen molar-refractivity contribution >= 4 is 39.9 Å². The quantitative estimate of drug-likeness (QED) is 0.506. The number of rotatable bonds is 6. The summed E-state index contributed by atoms with van der Waals surface area (Å²) in [5.41, 5.74) is 3.18. The van der Waals surface area contributed by atoms with Crippen LogP contribution in [0.1, 0.15) is 38.7 Å². The van der Waals surface area contributed by atoms with Crippen LogP contribution in [-0.2, 0) is 9.59 Å². The second-order valence-electron chi connectivity index (χ2n) is 9.48. The lowest BCUT2D eigenvalue weighted by Crippen LogP contribution is -2.39. The zero-order chi connectivity index (χ0) is 24.2. The summed E-state index contributed by atoms with van der Waals surface area (Å²) in [6, 6.07) is 13.3. The lowest BCUT2D eigenvalue weighted by molar-refractivity contribution is -0.121. The average molecular weight is 463 g/mol. The van der Waals surface area contributed by atoms with Gasteiger partial charge < -0.3 is 15.5 Å². The third-order valence-electron chi connectivity index (χ3n) is 6.19. The molecular formula is C27H31FN4O2. The minimum absolute atomic E-state index is 0.0351. The molecule has 3 aromatic rings. The third kappa shape index (κ3) is 5.90. The highest BCUT2D eigenvalue weighted by Gasteiger charge is 2.23. The molecule has 1 saturated heterocycles. The van der Waals surface area contributed by atoms with E-state index in [4.69, 9.17) is 4.98 Å². The van der Waals surface area contributed by atoms with Gasteiger partial charge in [-0.25, -0.2) is 9.37 Å². The Morgan fingerprint density at radius 2 is 1.53 bits per heavy atom. The summed E-state index contributed by atoms with van der Waals surface area (Å²) in [7, 11) is 0. The molecular weight excluding hydrogens is 431 g/mol. The summed E-state index contributed by atoms with van der Waals surface area (Å²) >= 11 is 0. The number of nitrogens with one attached hydrogen (secondary N) is 2. The van der Waals surface area contributed by atoms with Crippen LogP contribution in [-0.4, -0.2) is 29.9 Å². The number of benzene rings is 2. The Balaban J connectivity index is 1.37. The third-order valence-corrected chi connectivity index (χ3v) is 6.19. The standard InChI is InChI=1S/C27H31FN4O2/c1-17-12-18(2)16-32(15-17)25-13-19(3)23-14-22(8-9-24(23)31-25)30-27(34)11-10-26(33)29-21-6-4-20(28)5-7-21/h4-9,13-14,17-18H,10-12,15-16H2,1-3H3,(H,29,33)(H,30,34)/t17-,18+. The number of fused-ring (bicyclic) bond motifs is 1. The first-order chi connectivity index (χ1) is 16.3. The number of halogens is 1. The zero-order valence-electron chi connectivity index (χ0n) is 19.9. The molecule has 34 heavy (non-hydrogen) atoms. The van der Waals surface area contributed by atoms with E-state index < -0.39 is 0 Å². The van der Waals surface area contributed by atoms with Crippen LogP contribution >= 0.6 is 0 Å². The number of hydrogen-bond donors (Lipinski definition) is 2. The molecule has 2 heterocycles. The van der Waals surface area contributed by atoms with Crippen LogP contribution in [0.4, 0.5) is 21.6 Å². The van der Waals surface area contributed by atoms with Gasteiger partial charge in [-0.15, -0.1) is 0 Å². The summed E-state index contributed by atoms with van der Waals surface area (Å²) in [6.45, 7) is 8.68. The summed E-state index contributed by atoms with van der Waals surface area (Å²) in [4.78, 5) is 31.7. The Kier molecular flexibility index (Phi) is 7.10. The first-order valence-electron chi connectivity index (χ1n) is 11.8. The molecule has 1 aromatic heterocycles. The van der Waals surface area contributed by atoms with Crippen molar-refractivity contribution in [2.24, 2.45) is 11.8 Å². The smallest absolute Gasteiger partial charge is 0.224 e. The van der Waals surface area contributed by atoms with Gasteiger partial charge in [-0.2, -0.15) is 0 Å². The summed E-state index contributed by atoms with van der Waals surface area (Å²) in [5.74, 6) is 1.40. The maximum Gasteiger partial charge on any atom is 0.224 e. The van der Waals surface area contributed by atoms with Gasteiger partial charge in [0.15, 0.2) is 0 Å². The zero-order valence-corrected chi connectivity index (χ0v) is 19.9. The fourth-order valence-electron chi connectivity index (χ4n) is 4.67. The molecule has 1 fully saturated rings. The van der Waals surface area contributed by atoms with E-state index in [1.165, 1.54) is 30.7 Å². The first kappa shape index (κ1) is 23.7. The van der Waals surface area contributed by atoms with Gasteiger partial charge in [0.1, 0.15) is 11.6 Å². The Labute approximate surface area is 199 Å². The van der Waals surface area contributed by atoms with Gasteiger partial charge in [0, 0.05) is 42.7 Å². The normalized spacial score (nSPS) is 18.1. The Morgan fingerprint density at radius 1 is 0.941 bits per heavy atom. The number of carbonyl (C=O) groups is 2.